The Hall–Kier alpha value is -3.19. The highest BCUT2D eigenvalue weighted by Crippen LogP contribution is 2.38. The van der Waals surface area contributed by atoms with Crippen LogP contribution in [-0.2, 0) is 11.2 Å². The third-order valence-corrected chi connectivity index (χ3v) is 6.79. The number of halogens is 1. The molecule has 3 unspecified atom stereocenters. The van der Waals surface area contributed by atoms with Crippen LogP contribution < -0.4 is 5.32 Å². The lowest BCUT2D eigenvalue weighted by atomic mass is 9.76. The second-order valence-corrected chi connectivity index (χ2v) is 9.15. The summed E-state index contributed by atoms with van der Waals surface area (Å²) in [6.45, 7) is 0.429. The molecule has 5 rings (SSSR count). The maximum Gasteiger partial charge on any atom is 0.324 e. The highest BCUT2D eigenvalue weighted by Gasteiger charge is 2.45. The van der Waals surface area contributed by atoms with Gasteiger partial charge in [-0.2, -0.15) is 4.98 Å². The van der Waals surface area contributed by atoms with E-state index in [0.717, 1.165) is 24.8 Å². The van der Waals surface area contributed by atoms with Crippen molar-refractivity contribution in [2.75, 3.05) is 6.54 Å². The van der Waals surface area contributed by atoms with E-state index in [1.54, 1.807) is 12.1 Å². The van der Waals surface area contributed by atoms with Gasteiger partial charge in [0.25, 0.3) is 0 Å². The molecule has 2 fully saturated rings. The van der Waals surface area contributed by atoms with Crippen molar-refractivity contribution >= 4 is 23.5 Å². The quantitative estimate of drug-likeness (QED) is 0.564. The van der Waals surface area contributed by atoms with Gasteiger partial charge in [0.1, 0.15) is 0 Å². The van der Waals surface area contributed by atoms with E-state index in [9.17, 15) is 9.59 Å². The van der Waals surface area contributed by atoms with Crippen LogP contribution >= 0.6 is 11.6 Å². The number of amides is 3. The molecule has 1 aliphatic carbocycles. The summed E-state index contributed by atoms with van der Waals surface area (Å²) < 4.78 is 5.54. The van der Waals surface area contributed by atoms with Crippen LogP contribution in [0, 0.1) is 5.92 Å². The van der Waals surface area contributed by atoms with Crippen LogP contribution in [0.1, 0.15) is 43.1 Å². The van der Waals surface area contributed by atoms with Gasteiger partial charge in [-0.05, 0) is 49.8 Å². The van der Waals surface area contributed by atoms with E-state index in [1.807, 2.05) is 30.3 Å². The fraction of sp³-hybridized carbons (Fsp3) is 0.360. The minimum atomic E-state index is -0.305. The zero-order chi connectivity index (χ0) is 22.8. The Morgan fingerprint density at radius 2 is 1.94 bits per heavy atom. The van der Waals surface area contributed by atoms with Crippen LogP contribution in [0.15, 0.2) is 59.1 Å². The Kier molecular flexibility index (Phi) is 6.13. The molecule has 2 aliphatic rings. The van der Waals surface area contributed by atoms with Crippen LogP contribution in [0.3, 0.4) is 0 Å². The number of benzene rings is 2. The van der Waals surface area contributed by atoms with Crippen molar-refractivity contribution in [2.24, 2.45) is 5.92 Å². The van der Waals surface area contributed by atoms with Crippen molar-refractivity contribution in [2.45, 2.75) is 44.1 Å². The molecule has 1 N–H and O–H groups in total. The number of rotatable bonds is 6. The number of fused-ring (bicyclic) bond motifs is 1. The molecule has 1 aliphatic heterocycles. The van der Waals surface area contributed by atoms with Crippen LogP contribution in [0.5, 0.6) is 0 Å². The summed E-state index contributed by atoms with van der Waals surface area (Å²) in [5.41, 5.74) is 2.00. The van der Waals surface area contributed by atoms with Gasteiger partial charge >= 0.3 is 6.03 Å². The molecule has 0 radical (unpaired) electrons. The normalized spacial score (nSPS) is 22.7. The zero-order valence-electron chi connectivity index (χ0n) is 18.1. The monoisotopic (exact) mass is 464 g/mol. The number of carbonyl (C=O) groups excluding carboxylic acids is 2. The van der Waals surface area contributed by atoms with Crippen LogP contribution in [0.2, 0.25) is 5.02 Å². The number of aromatic nitrogens is 2. The molecule has 0 spiro atoms. The van der Waals surface area contributed by atoms with Crippen molar-refractivity contribution in [3.63, 3.8) is 0 Å². The number of imide groups is 1. The molecule has 2 aromatic carbocycles. The average molecular weight is 465 g/mol. The lowest BCUT2D eigenvalue weighted by molar-refractivity contribution is -0.136. The Morgan fingerprint density at radius 3 is 2.76 bits per heavy atom. The van der Waals surface area contributed by atoms with Crippen molar-refractivity contribution in [3.8, 4) is 11.4 Å². The van der Waals surface area contributed by atoms with Gasteiger partial charge in [-0.15, -0.1) is 0 Å². The first-order valence-corrected chi connectivity index (χ1v) is 11.7. The van der Waals surface area contributed by atoms with E-state index in [1.165, 1.54) is 10.5 Å². The van der Waals surface area contributed by atoms with Gasteiger partial charge in [0.2, 0.25) is 17.6 Å². The summed E-state index contributed by atoms with van der Waals surface area (Å²) in [6, 6.07) is 16.9. The minimum absolute atomic E-state index is 0.00409. The van der Waals surface area contributed by atoms with Gasteiger partial charge in [0.15, 0.2) is 0 Å². The lowest BCUT2D eigenvalue weighted by Gasteiger charge is -2.41. The van der Waals surface area contributed by atoms with E-state index >= 15 is 0 Å². The zero-order valence-corrected chi connectivity index (χ0v) is 18.9. The van der Waals surface area contributed by atoms with Gasteiger partial charge in [0.05, 0.1) is 5.92 Å². The van der Waals surface area contributed by atoms with Crippen LogP contribution in [-0.4, -0.2) is 39.6 Å². The predicted octanol–water partition coefficient (Wildman–Crippen LogP) is 4.83. The average Bonchev–Trinajstić information content (AvgIpc) is 3.32. The number of hydrogen-bond acceptors (Lipinski definition) is 5. The molecular formula is C25H25ClN4O3. The topological polar surface area (TPSA) is 88.3 Å². The van der Waals surface area contributed by atoms with E-state index in [-0.39, 0.29) is 29.8 Å². The summed E-state index contributed by atoms with van der Waals surface area (Å²) in [5.74, 6) is 0.759. The summed E-state index contributed by atoms with van der Waals surface area (Å²) in [7, 11) is 0. The molecule has 0 bridgehead atoms. The van der Waals surface area contributed by atoms with E-state index < -0.39 is 0 Å². The minimum Gasteiger partial charge on any atom is -0.339 e. The Morgan fingerprint density at radius 1 is 1.09 bits per heavy atom. The first kappa shape index (κ1) is 21.6. The molecule has 3 aromatic rings. The largest absolute Gasteiger partial charge is 0.339 e. The smallest absolute Gasteiger partial charge is 0.324 e. The third-order valence-electron chi connectivity index (χ3n) is 6.55. The van der Waals surface area contributed by atoms with Crippen LogP contribution in [0.4, 0.5) is 4.79 Å². The number of aryl methyl sites for hydroxylation is 1. The number of nitrogens with zero attached hydrogens (tertiary/aromatic N) is 3. The second kappa shape index (κ2) is 9.35. The molecule has 33 heavy (non-hydrogen) atoms. The molecule has 3 atom stereocenters. The number of urea groups is 1. The van der Waals surface area contributed by atoms with E-state index in [4.69, 9.17) is 16.1 Å². The number of hydrogen-bond donors (Lipinski definition) is 1. The fourth-order valence-electron chi connectivity index (χ4n) is 4.83. The van der Waals surface area contributed by atoms with Gasteiger partial charge < -0.3 is 9.84 Å². The molecule has 3 amide bonds. The van der Waals surface area contributed by atoms with Crippen molar-refractivity contribution in [1.29, 1.82) is 0 Å². The first-order chi connectivity index (χ1) is 16.1. The van der Waals surface area contributed by atoms with Crippen LogP contribution in [0.25, 0.3) is 11.4 Å². The number of carbonyl (C=O) groups is 2. The first-order valence-electron chi connectivity index (χ1n) is 11.3. The lowest BCUT2D eigenvalue weighted by Crippen LogP contribution is -2.61. The summed E-state index contributed by atoms with van der Waals surface area (Å²) in [6.07, 6.45) is 3.63. The highest BCUT2D eigenvalue weighted by atomic mass is 35.5. The van der Waals surface area contributed by atoms with Gasteiger partial charge in [-0.3, -0.25) is 9.69 Å². The molecule has 1 aromatic heterocycles. The van der Waals surface area contributed by atoms with Crippen molar-refractivity contribution in [1.82, 2.24) is 20.4 Å². The molecule has 7 nitrogen and oxygen atoms in total. The van der Waals surface area contributed by atoms with Gasteiger partial charge in [0, 0.05) is 29.1 Å². The van der Waals surface area contributed by atoms with E-state index in [0.29, 0.717) is 36.1 Å². The standard InChI is InChI=1S/C25H25ClN4O3/c26-19-10-4-9-17(14-19)22-28-23(33-29-22)18-11-12-20-21(15-18)27-25(32)30(24(20)31)13-5-8-16-6-2-1-3-7-16/h1-4,6-7,9-10,14,18,20-21H,5,8,11-13,15H2,(H,27,32). The van der Waals surface area contributed by atoms with Crippen molar-refractivity contribution in [3.05, 3.63) is 71.1 Å². The second-order valence-electron chi connectivity index (χ2n) is 8.72. The Labute approximate surface area is 197 Å². The highest BCUT2D eigenvalue weighted by molar-refractivity contribution is 6.30. The Balaban J connectivity index is 1.21. The molecular weight excluding hydrogens is 440 g/mol. The fourth-order valence-corrected chi connectivity index (χ4v) is 5.02. The molecule has 2 heterocycles. The predicted molar refractivity (Wildman–Crippen MR) is 124 cm³/mol. The maximum atomic E-state index is 13.1. The Bertz CT molecular complexity index is 1150. The third kappa shape index (κ3) is 4.64. The summed E-state index contributed by atoms with van der Waals surface area (Å²) in [4.78, 5) is 31.7. The summed E-state index contributed by atoms with van der Waals surface area (Å²) >= 11 is 6.07. The molecule has 170 valence electrons. The molecule has 8 heteroatoms. The number of nitrogens with one attached hydrogen (secondary N) is 1. The SMILES string of the molecule is O=C1NC2CC(c3nc(-c4cccc(Cl)c4)no3)CCC2C(=O)N1CCCc1ccccc1. The van der Waals surface area contributed by atoms with Gasteiger partial charge in [-0.1, -0.05) is 59.2 Å². The summed E-state index contributed by atoms with van der Waals surface area (Å²) in [5, 5.41) is 7.76. The molecule has 1 saturated carbocycles. The molecule has 1 saturated heterocycles. The van der Waals surface area contributed by atoms with Crippen molar-refractivity contribution < 1.29 is 14.1 Å². The maximum absolute atomic E-state index is 13.1. The van der Waals surface area contributed by atoms with Gasteiger partial charge in [-0.25, -0.2) is 4.79 Å². The van der Waals surface area contributed by atoms with E-state index in [2.05, 4.69) is 27.6 Å².